The average Bonchev–Trinajstić information content (AvgIpc) is 2.10. The van der Waals surface area contributed by atoms with Crippen LogP contribution in [0, 0.1) is 0 Å². The normalized spacial score (nSPS) is 12.9. The lowest BCUT2D eigenvalue weighted by molar-refractivity contribution is 0.374. The first-order valence-corrected chi connectivity index (χ1v) is 7.41. The molecule has 0 aliphatic heterocycles. The van der Waals surface area contributed by atoms with Crippen LogP contribution >= 0.6 is 31.9 Å². The molecule has 0 saturated heterocycles. The van der Waals surface area contributed by atoms with Gasteiger partial charge in [0.05, 0.1) is 0 Å². The van der Waals surface area contributed by atoms with Gasteiger partial charge in [0.15, 0.2) is 11.5 Å². The van der Waals surface area contributed by atoms with Crippen LogP contribution in [0.2, 0.25) is 0 Å². The molecule has 18 heavy (non-hydrogen) atoms. The lowest BCUT2D eigenvalue weighted by Crippen LogP contribution is -2.17. The van der Waals surface area contributed by atoms with Crippen molar-refractivity contribution in [1.29, 1.82) is 0 Å². The molecule has 0 heterocycles. The summed E-state index contributed by atoms with van der Waals surface area (Å²) < 4.78 is 1.60. The predicted molar refractivity (Wildman–Crippen MR) is 82.6 cm³/mol. The summed E-state index contributed by atoms with van der Waals surface area (Å²) in [6.45, 7) is 12.0. The third-order valence-electron chi connectivity index (χ3n) is 2.83. The van der Waals surface area contributed by atoms with E-state index in [2.05, 4.69) is 31.9 Å². The fourth-order valence-electron chi connectivity index (χ4n) is 2.03. The lowest BCUT2D eigenvalue weighted by atomic mass is 9.81. The van der Waals surface area contributed by atoms with Gasteiger partial charge in [-0.2, -0.15) is 0 Å². The molecule has 0 aliphatic rings. The molecule has 0 spiro atoms. The maximum atomic E-state index is 10.3. The lowest BCUT2D eigenvalue weighted by Gasteiger charge is -2.29. The Morgan fingerprint density at radius 3 is 1.06 bits per heavy atom. The van der Waals surface area contributed by atoms with Crippen molar-refractivity contribution in [1.82, 2.24) is 0 Å². The van der Waals surface area contributed by atoms with Crippen molar-refractivity contribution in [2.24, 2.45) is 0 Å². The zero-order valence-electron chi connectivity index (χ0n) is 11.7. The fourth-order valence-corrected chi connectivity index (χ4v) is 3.99. The van der Waals surface area contributed by atoms with Gasteiger partial charge in [0.1, 0.15) is 0 Å². The third kappa shape index (κ3) is 2.69. The molecule has 1 aromatic rings. The summed E-state index contributed by atoms with van der Waals surface area (Å²) in [6, 6.07) is 0. The van der Waals surface area contributed by atoms with Crippen molar-refractivity contribution in [2.45, 2.75) is 52.4 Å². The SMILES string of the molecule is CC(C)(C)c1c(O)c(O)c(C(C)(C)C)c(Br)c1Br. The van der Waals surface area contributed by atoms with E-state index in [-0.39, 0.29) is 22.3 Å². The fraction of sp³-hybridized carbons (Fsp3) is 0.571. The summed E-state index contributed by atoms with van der Waals surface area (Å²) in [5.41, 5.74) is 0.887. The van der Waals surface area contributed by atoms with E-state index < -0.39 is 0 Å². The molecule has 0 amide bonds. The topological polar surface area (TPSA) is 40.5 Å². The van der Waals surface area contributed by atoms with Gasteiger partial charge in [-0.25, -0.2) is 0 Å². The van der Waals surface area contributed by atoms with Crippen molar-refractivity contribution < 1.29 is 10.2 Å². The Kier molecular flexibility index (Phi) is 4.15. The zero-order chi connectivity index (χ0) is 14.5. The molecule has 0 bridgehead atoms. The Morgan fingerprint density at radius 1 is 0.667 bits per heavy atom. The largest absolute Gasteiger partial charge is 0.504 e. The summed E-state index contributed by atoms with van der Waals surface area (Å²) in [5.74, 6) is -0.0787. The second-order valence-electron chi connectivity index (χ2n) is 6.58. The minimum absolute atomic E-state index is 0.0394. The highest BCUT2D eigenvalue weighted by Crippen LogP contribution is 2.51. The number of phenols is 2. The molecule has 0 aromatic heterocycles. The number of hydrogen-bond donors (Lipinski definition) is 2. The van der Waals surface area contributed by atoms with E-state index in [0.717, 1.165) is 8.95 Å². The van der Waals surface area contributed by atoms with E-state index in [4.69, 9.17) is 0 Å². The summed E-state index contributed by atoms with van der Waals surface area (Å²) in [6.07, 6.45) is 0. The van der Waals surface area contributed by atoms with Gasteiger partial charge in [0.25, 0.3) is 0 Å². The molecule has 0 radical (unpaired) electrons. The molecular weight excluding hydrogens is 360 g/mol. The standard InChI is InChI=1S/C14H20Br2O2/c1-13(2,3)7-9(15)10(16)8(14(4,5)6)12(18)11(7)17/h17-18H,1-6H3. The minimum atomic E-state index is -0.265. The van der Waals surface area contributed by atoms with Gasteiger partial charge < -0.3 is 10.2 Å². The summed E-state index contributed by atoms with van der Waals surface area (Å²) in [5, 5.41) is 20.6. The van der Waals surface area contributed by atoms with E-state index in [1.54, 1.807) is 0 Å². The molecule has 102 valence electrons. The van der Waals surface area contributed by atoms with Crippen LogP contribution in [-0.4, -0.2) is 10.2 Å². The molecular formula is C14H20Br2O2. The average molecular weight is 380 g/mol. The molecule has 1 rings (SSSR count). The Bertz CT molecular complexity index is 406. The van der Waals surface area contributed by atoms with Crippen LogP contribution in [0.15, 0.2) is 8.95 Å². The highest BCUT2D eigenvalue weighted by molar-refractivity contribution is 9.13. The molecule has 0 atom stereocenters. The van der Waals surface area contributed by atoms with Crippen molar-refractivity contribution >= 4 is 31.9 Å². The number of hydrogen-bond acceptors (Lipinski definition) is 2. The monoisotopic (exact) mass is 378 g/mol. The summed E-state index contributed by atoms with van der Waals surface area (Å²) in [7, 11) is 0. The van der Waals surface area contributed by atoms with Crippen LogP contribution in [0.5, 0.6) is 11.5 Å². The van der Waals surface area contributed by atoms with Gasteiger partial charge in [-0.05, 0) is 42.7 Å². The van der Waals surface area contributed by atoms with Crippen LogP contribution < -0.4 is 0 Å². The van der Waals surface area contributed by atoms with Crippen LogP contribution in [-0.2, 0) is 10.8 Å². The van der Waals surface area contributed by atoms with Crippen molar-refractivity contribution in [3.8, 4) is 11.5 Å². The number of benzene rings is 1. The zero-order valence-corrected chi connectivity index (χ0v) is 14.8. The van der Waals surface area contributed by atoms with Gasteiger partial charge >= 0.3 is 0 Å². The van der Waals surface area contributed by atoms with Crippen LogP contribution in [0.3, 0.4) is 0 Å². The predicted octanol–water partition coefficient (Wildman–Crippen LogP) is 5.22. The molecule has 0 unspecified atom stereocenters. The van der Waals surface area contributed by atoms with E-state index in [1.165, 1.54) is 0 Å². The first-order chi connectivity index (χ1) is 7.89. The van der Waals surface area contributed by atoms with Crippen LogP contribution in [0.25, 0.3) is 0 Å². The first-order valence-electron chi connectivity index (χ1n) is 5.83. The van der Waals surface area contributed by atoms with E-state index in [9.17, 15) is 10.2 Å². The minimum Gasteiger partial charge on any atom is -0.504 e. The molecule has 2 nitrogen and oxygen atoms in total. The van der Waals surface area contributed by atoms with Crippen molar-refractivity contribution in [3.05, 3.63) is 20.1 Å². The molecule has 0 saturated carbocycles. The van der Waals surface area contributed by atoms with Gasteiger partial charge in [-0.3, -0.25) is 0 Å². The highest BCUT2D eigenvalue weighted by Gasteiger charge is 2.32. The van der Waals surface area contributed by atoms with E-state index >= 15 is 0 Å². The third-order valence-corrected chi connectivity index (χ3v) is 4.95. The maximum Gasteiger partial charge on any atom is 0.162 e. The smallest absolute Gasteiger partial charge is 0.162 e. The van der Waals surface area contributed by atoms with Gasteiger partial charge in [-0.1, -0.05) is 41.5 Å². The Hall–Kier alpha value is -0.220. The van der Waals surface area contributed by atoms with Crippen molar-refractivity contribution in [2.75, 3.05) is 0 Å². The molecule has 4 heteroatoms. The number of phenolic OH excluding ortho intramolecular Hbond substituents is 2. The first kappa shape index (κ1) is 15.8. The Labute approximate surface area is 126 Å². The van der Waals surface area contributed by atoms with Gasteiger partial charge in [0.2, 0.25) is 0 Å². The number of halogens is 2. The van der Waals surface area contributed by atoms with Gasteiger partial charge in [-0.15, -0.1) is 0 Å². The van der Waals surface area contributed by atoms with Crippen molar-refractivity contribution in [3.63, 3.8) is 0 Å². The molecule has 0 fully saturated rings. The second-order valence-corrected chi connectivity index (χ2v) is 8.16. The molecule has 2 N–H and O–H groups in total. The Balaban J connectivity index is 3.79. The summed E-state index contributed by atoms with van der Waals surface area (Å²) in [4.78, 5) is 0. The highest BCUT2D eigenvalue weighted by atomic mass is 79.9. The Morgan fingerprint density at radius 2 is 0.889 bits per heavy atom. The quantitative estimate of drug-likeness (QED) is 0.606. The van der Waals surface area contributed by atoms with Crippen LogP contribution in [0.4, 0.5) is 0 Å². The maximum absolute atomic E-state index is 10.3. The molecule has 0 aliphatic carbocycles. The van der Waals surface area contributed by atoms with Gasteiger partial charge in [0, 0.05) is 20.1 Å². The van der Waals surface area contributed by atoms with Crippen LogP contribution in [0.1, 0.15) is 52.7 Å². The van der Waals surface area contributed by atoms with E-state index in [1.807, 2.05) is 41.5 Å². The second kappa shape index (κ2) is 4.71. The summed E-state index contributed by atoms with van der Waals surface area (Å²) >= 11 is 7.05. The number of aromatic hydroxyl groups is 2. The number of rotatable bonds is 0. The van der Waals surface area contributed by atoms with E-state index in [0.29, 0.717) is 11.1 Å². The molecule has 1 aromatic carbocycles.